The van der Waals surface area contributed by atoms with Crippen LogP contribution in [0.5, 0.6) is 0 Å². The Bertz CT molecular complexity index is 1080. The fraction of sp³-hybridized carbons (Fsp3) is 0.286. The second-order valence-electron chi connectivity index (χ2n) is 6.35. The van der Waals surface area contributed by atoms with Crippen molar-refractivity contribution in [3.8, 4) is 0 Å². The third kappa shape index (κ3) is 4.16. The number of hydrogen-bond acceptors (Lipinski definition) is 4. The first-order valence-corrected chi connectivity index (χ1v) is 9.01. The Morgan fingerprint density at radius 3 is 2.33 bits per heavy atom. The number of carbonyl (C=O) groups is 1. The summed E-state index contributed by atoms with van der Waals surface area (Å²) in [6.07, 6.45) is 1.01. The van der Waals surface area contributed by atoms with Crippen LogP contribution in [-0.2, 0) is 28.9 Å². The van der Waals surface area contributed by atoms with Crippen LogP contribution in [0.15, 0.2) is 52.1 Å². The minimum Gasteiger partial charge on any atom is -0.466 e. The van der Waals surface area contributed by atoms with Crippen LogP contribution in [0.1, 0.15) is 30.5 Å². The van der Waals surface area contributed by atoms with Crippen molar-refractivity contribution in [3.63, 3.8) is 0 Å². The van der Waals surface area contributed by atoms with Crippen LogP contribution in [0, 0.1) is 0 Å². The highest BCUT2D eigenvalue weighted by atomic mass is 16.5. The minimum absolute atomic E-state index is 0.0842. The summed E-state index contributed by atoms with van der Waals surface area (Å²) in [6.45, 7) is 4.32. The van der Waals surface area contributed by atoms with Gasteiger partial charge >= 0.3 is 11.7 Å². The highest BCUT2D eigenvalue weighted by Gasteiger charge is 2.11. The average molecular weight is 366 g/mol. The number of hydrogen-bond donors (Lipinski definition) is 1. The fourth-order valence-corrected chi connectivity index (χ4v) is 2.99. The lowest BCUT2D eigenvalue weighted by molar-refractivity contribution is -0.142. The van der Waals surface area contributed by atoms with Gasteiger partial charge in [0.1, 0.15) is 0 Å². The summed E-state index contributed by atoms with van der Waals surface area (Å²) in [5.41, 5.74) is 2.37. The van der Waals surface area contributed by atoms with Crippen molar-refractivity contribution in [1.29, 1.82) is 0 Å². The van der Waals surface area contributed by atoms with Crippen molar-refractivity contribution in [1.82, 2.24) is 9.55 Å². The monoisotopic (exact) mass is 366 g/mol. The number of rotatable bonds is 6. The number of carbonyl (C=O) groups excluding carboxylic acids is 1. The molecule has 0 radical (unpaired) electrons. The number of aromatic nitrogens is 2. The number of fused-ring (bicyclic) bond motifs is 1. The zero-order chi connectivity index (χ0) is 19.4. The summed E-state index contributed by atoms with van der Waals surface area (Å²) < 4.78 is 6.13. The molecule has 27 heavy (non-hydrogen) atoms. The molecule has 0 saturated carbocycles. The van der Waals surface area contributed by atoms with Crippen LogP contribution in [0.2, 0.25) is 0 Å². The van der Waals surface area contributed by atoms with E-state index in [1.165, 1.54) is 10.1 Å². The van der Waals surface area contributed by atoms with E-state index in [1.807, 2.05) is 24.3 Å². The molecule has 1 aromatic heterocycles. The summed E-state index contributed by atoms with van der Waals surface area (Å²) in [7, 11) is 0. The third-order valence-corrected chi connectivity index (χ3v) is 4.47. The molecule has 0 aliphatic rings. The van der Waals surface area contributed by atoms with Crippen LogP contribution in [0.4, 0.5) is 0 Å². The predicted octanol–water partition coefficient (Wildman–Crippen LogP) is 2.41. The van der Waals surface area contributed by atoms with Gasteiger partial charge in [0.25, 0.3) is 5.56 Å². The molecule has 0 atom stereocenters. The van der Waals surface area contributed by atoms with Gasteiger partial charge in [0.05, 0.1) is 30.5 Å². The zero-order valence-electron chi connectivity index (χ0n) is 15.5. The topological polar surface area (TPSA) is 81.2 Å². The molecule has 140 valence electrons. The molecule has 6 nitrogen and oxygen atoms in total. The number of nitrogens with one attached hydrogen (secondary N) is 1. The molecular formula is C21H22N2O4. The van der Waals surface area contributed by atoms with Gasteiger partial charge in [-0.05, 0) is 42.2 Å². The number of H-pyrrole nitrogens is 1. The number of aromatic amines is 1. The highest BCUT2D eigenvalue weighted by molar-refractivity contribution is 5.80. The molecule has 3 rings (SSSR count). The Balaban J connectivity index is 1.98. The molecular weight excluding hydrogens is 344 g/mol. The van der Waals surface area contributed by atoms with Crippen molar-refractivity contribution in [2.45, 2.75) is 33.2 Å². The van der Waals surface area contributed by atoms with Gasteiger partial charge in [0.15, 0.2) is 0 Å². The van der Waals surface area contributed by atoms with Crippen LogP contribution in [0.25, 0.3) is 10.9 Å². The number of nitrogens with zero attached hydrogens (tertiary/aromatic N) is 1. The van der Waals surface area contributed by atoms with E-state index in [1.54, 1.807) is 25.1 Å². The van der Waals surface area contributed by atoms with Crippen molar-refractivity contribution < 1.29 is 9.53 Å². The first kappa shape index (κ1) is 18.6. The number of benzene rings is 2. The molecule has 0 aliphatic heterocycles. The van der Waals surface area contributed by atoms with Gasteiger partial charge in [-0.25, -0.2) is 4.79 Å². The normalized spacial score (nSPS) is 10.9. The predicted molar refractivity (Wildman–Crippen MR) is 104 cm³/mol. The van der Waals surface area contributed by atoms with Crippen LogP contribution in [-0.4, -0.2) is 22.1 Å². The second-order valence-corrected chi connectivity index (χ2v) is 6.35. The summed E-state index contributed by atoms with van der Waals surface area (Å²) in [5.74, 6) is -0.349. The lowest BCUT2D eigenvalue weighted by Gasteiger charge is -2.08. The van der Waals surface area contributed by atoms with Gasteiger partial charge in [0.2, 0.25) is 0 Å². The lowest BCUT2D eigenvalue weighted by atomic mass is 10.1. The number of aryl methyl sites for hydroxylation is 1. The number of esters is 1. The maximum absolute atomic E-state index is 12.9. The van der Waals surface area contributed by atoms with E-state index in [0.29, 0.717) is 23.1 Å². The molecule has 6 heteroatoms. The first-order valence-electron chi connectivity index (χ1n) is 9.01. The summed E-state index contributed by atoms with van der Waals surface area (Å²) >= 11 is 0. The quantitative estimate of drug-likeness (QED) is 0.679. The van der Waals surface area contributed by atoms with E-state index < -0.39 is 5.69 Å². The maximum Gasteiger partial charge on any atom is 0.329 e. The van der Waals surface area contributed by atoms with Crippen LogP contribution >= 0.6 is 0 Å². The molecule has 0 saturated heterocycles. The summed E-state index contributed by atoms with van der Waals surface area (Å²) in [5, 5.41) is 0.376. The van der Waals surface area contributed by atoms with E-state index in [2.05, 4.69) is 11.9 Å². The van der Waals surface area contributed by atoms with Gasteiger partial charge in [-0.15, -0.1) is 0 Å². The molecule has 0 bridgehead atoms. The molecule has 0 amide bonds. The van der Waals surface area contributed by atoms with Gasteiger partial charge in [-0.1, -0.05) is 37.3 Å². The van der Waals surface area contributed by atoms with E-state index in [4.69, 9.17) is 4.74 Å². The second kappa shape index (κ2) is 8.03. The largest absolute Gasteiger partial charge is 0.466 e. The van der Waals surface area contributed by atoms with Crippen molar-refractivity contribution in [2.75, 3.05) is 6.61 Å². The Morgan fingerprint density at radius 2 is 1.67 bits per heavy atom. The Kier molecular flexibility index (Phi) is 5.54. The van der Waals surface area contributed by atoms with Crippen molar-refractivity contribution in [2.24, 2.45) is 0 Å². The highest BCUT2D eigenvalue weighted by Crippen LogP contribution is 2.11. The van der Waals surface area contributed by atoms with E-state index in [0.717, 1.165) is 12.0 Å². The van der Waals surface area contributed by atoms with E-state index >= 15 is 0 Å². The first-order chi connectivity index (χ1) is 13.0. The summed E-state index contributed by atoms with van der Waals surface area (Å²) in [6, 6.07) is 12.8. The SMILES string of the molecule is CCOC(=O)Cc1ccc2[nH]c(=O)n(Cc3ccc(CC)cc3)c(=O)c2c1. The molecule has 1 heterocycles. The molecule has 1 N–H and O–H groups in total. The molecule has 0 unspecified atom stereocenters. The molecule has 0 fully saturated rings. The van der Waals surface area contributed by atoms with E-state index in [9.17, 15) is 14.4 Å². The lowest BCUT2D eigenvalue weighted by Crippen LogP contribution is -2.35. The maximum atomic E-state index is 12.9. The van der Waals surface area contributed by atoms with Gasteiger partial charge in [-0.3, -0.25) is 14.2 Å². The molecule has 3 aromatic rings. The zero-order valence-corrected chi connectivity index (χ0v) is 15.5. The van der Waals surface area contributed by atoms with E-state index in [-0.39, 0.29) is 24.5 Å². The van der Waals surface area contributed by atoms with Gasteiger partial charge in [0, 0.05) is 0 Å². The van der Waals surface area contributed by atoms with Crippen molar-refractivity contribution in [3.05, 3.63) is 80.0 Å². The molecule has 2 aromatic carbocycles. The molecule has 0 spiro atoms. The van der Waals surface area contributed by atoms with Crippen LogP contribution < -0.4 is 11.2 Å². The third-order valence-electron chi connectivity index (χ3n) is 4.47. The standard InChI is InChI=1S/C21H22N2O4/c1-3-14-5-7-15(8-6-14)13-23-20(25)17-11-16(12-19(24)27-4-2)9-10-18(17)22-21(23)26/h5-11H,3-4,12-13H2,1-2H3,(H,22,26). The average Bonchev–Trinajstić information content (AvgIpc) is 2.66. The summed E-state index contributed by atoms with van der Waals surface area (Å²) in [4.78, 5) is 39.7. The Hall–Kier alpha value is -3.15. The minimum atomic E-state index is -0.454. The van der Waals surface area contributed by atoms with Crippen molar-refractivity contribution >= 4 is 16.9 Å². The number of ether oxygens (including phenoxy) is 1. The van der Waals surface area contributed by atoms with Gasteiger partial charge in [-0.2, -0.15) is 0 Å². The Morgan fingerprint density at radius 1 is 1.00 bits per heavy atom. The van der Waals surface area contributed by atoms with Gasteiger partial charge < -0.3 is 9.72 Å². The Labute approximate surface area is 156 Å². The molecule has 0 aliphatic carbocycles. The van der Waals surface area contributed by atoms with Crippen LogP contribution in [0.3, 0.4) is 0 Å². The smallest absolute Gasteiger partial charge is 0.329 e. The fourth-order valence-electron chi connectivity index (χ4n) is 2.99.